The van der Waals surface area contributed by atoms with E-state index in [1.165, 1.54) is 11.3 Å². The summed E-state index contributed by atoms with van der Waals surface area (Å²) in [6.07, 6.45) is 1.13. The number of sulfonamides is 1. The molecule has 2 N–H and O–H groups in total. The summed E-state index contributed by atoms with van der Waals surface area (Å²) in [5, 5.41) is 6.06. The van der Waals surface area contributed by atoms with Crippen molar-refractivity contribution < 1.29 is 13.2 Å². The molecule has 0 aliphatic rings. The molecule has 2 aromatic carbocycles. The first-order valence-corrected chi connectivity index (χ1v) is 10.6. The van der Waals surface area contributed by atoms with Crippen LogP contribution in [0.25, 0.3) is 11.3 Å². The zero-order valence-corrected chi connectivity index (χ0v) is 16.0. The van der Waals surface area contributed by atoms with Gasteiger partial charge in [0, 0.05) is 35.0 Å². The standard InChI is InChI=1S/C18H19N3O3S2/c1-24-11-14-5-3-4-6-16(14)19-18-20-17(12-25-18)13-7-9-15(10-8-13)21-26(2,22)23/h3-10,12,21H,11H2,1-2H3,(H,19,20). The molecule has 0 spiro atoms. The maximum Gasteiger partial charge on any atom is 0.229 e. The third-order valence-electron chi connectivity index (χ3n) is 3.55. The van der Waals surface area contributed by atoms with E-state index in [-0.39, 0.29) is 0 Å². The Morgan fingerprint density at radius 1 is 1.12 bits per heavy atom. The molecule has 3 aromatic rings. The van der Waals surface area contributed by atoms with Crippen LogP contribution in [0.5, 0.6) is 0 Å². The van der Waals surface area contributed by atoms with E-state index >= 15 is 0 Å². The SMILES string of the molecule is COCc1ccccc1Nc1nc(-c2ccc(NS(C)(=O)=O)cc2)cs1. The second kappa shape index (κ2) is 7.86. The Hall–Kier alpha value is -2.42. The first kappa shape index (κ1) is 18.4. The average Bonchev–Trinajstić information content (AvgIpc) is 3.05. The van der Waals surface area contributed by atoms with Gasteiger partial charge in [0.05, 0.1) is 18.6 Å². The van der Waals surface area contributed by atoms with Crippen LogP contribution in [0.3, 0.4) is 0 Å². The molecule has 1 heterocycles. The highest BCUT2D eigenvalue weighted by Crippen LogP contribution is 2.29. The Kier molecular flexibility index (Phi) is 5.55. The Morgan fingerprint density at radius 2 is 1.85 bits per heavy atom. The molecule has 6 nitrogen and oxygen atoms in total. The normalized spacial score (nSPS) is 11.3. The van der Waals surface area contributed by atoms with E-state index in [9.17, 15) is 8.42 Å². The molecule has 0 aliphatic heterocycles. The highest BCUT2D eigenvalue weighted by molar-refractivity contribution is 7.92. The topological polar surface area (TPSA) is 80.3 Å². The van der Waals surface area contributed by atoms with Gasteiger partial charge in [-0.1, -0.05) is 30.3 Å². The number of rotatable bonds is 7. The van der Waals surface area contributed by atoms with Gasteiger partial charge in [-0.05, 0) is 18.2 Å². The van der Waals surface area contributed by atoms with E-state index in [4.69, 9.17) is 4.74 Å². The maximum atomic E-state index is 11.3. The largest absolute Gasteiger partial charge is 0.380 e. The number of nitrogens with zero attached hydrogens (tertiary/aromatic N) is 1. The van der Waals surface area contributed by atoms with Crippen LogP contribution in [0.2, 0.25) is 0 Å². The van der Waals surface area contributed by atoms with E-state index in [1.807, 2.05) is 41.8 Å². The van der Waals surface area contributed by atoms with Crippen LogP contribution in [0.4, 0.5) is 16.5 Å². The number of para-hydroxylation sites is 1. The number of hydrogen-bond donors (Lipinski definition) is 2. The van der Waals surface area contributed by atoms with Gasteiger partial charge in [0.15, 0.2) is 5.13 Å². The lowest BCUT2D eigenvalue weighted by Gasteiger charge is -2.09. The van der Waals surface area contributed by atoms with Gasteiger partial charge in [-0.2, -0.15) is 0 Å². The Bertz CT molecular complexity index is 983. The fraction of sp³-hybridized carbons (Fsp3) is 0.167. The molecule has 0 aliphatic carbocycles. The van der Waals surface area contributed by atoms with Crippen molar-refractivity contribution in [3.05, 3.63) is 59.5 Å². The molecular formula is C18H19N3O3S2. The number of anilines is 3. The predicted octanol–water partition coefficient (Wildman–Crippen LogP) is 4.07. The molecule has 3 rings (SSSR count). The molecule has 26 heavy (non-hydrogen) atoms. The van der Waals surface area contributed by atoms with Gasteiger partial charge < -0.3 is 10.1 Å². The summed E-state index contributed by atoms with van der Waals surface area (Å²) >= 11 is 1.51. The van der Waals surface area contributed by atoms with Crippen molar-refractivity contribution in [3.8, 4) is 11.3 Å². The quantitative estimate of drug-likeness (QED) is 0.637. The Morgan fingerprint density at radius 3 is 2.54 bits per heavy atom. The van der Waals surface area contributed by atoms with Gasteiger partial charge in [0.25, 0.3) is 0 Å². The lowest BCUT2D eigenvalue weighted by atomic mass is 10.1. The third-order valence-corrected chi connectivity index (χ3v) is 4.91. The van der Waals surface area contributed by atoms with Crippen molar-refractivity contribution >= 4 is 37.9 Å². The molecule has 0 amide bonds. The number of methoxy groups -OCH3 is 1. The van der Waals surface area contributed by atoms with Crippen LogP contribution in [0.1, 0.15) is 5.56 Å². The van der Waals surface area contributed by atoms with E-state index in [1.54, 1.807) is 19.2 Å². The molecule has 8 heteroatoms. The molecule has 0 saturated heterocycles. The molecule has 0 bridgehead atoms. The predicted molar refractivity (Wildman–Crippen MR) is 106 cm³/mol. The second-order valence-corrected chi connectivity index (χ2v) is 8.31. The first-order valence-electron chi connectivity index (χ1n) is 7.82. The molecule has 136 valence electrons. The number of ether oxygens (including phenoxy) is 1. The number of thiazole rings is 1. The zero-order chi connectivity index (χ0) is 18.6. The first-order chi connectivity index (χ1) is 12.4. The lowest BCUT2D eigenvalue weighted by Crippen LogP contribution is -2.09. The van der Waals surface area contributed by atoms with Crippen LogP contribution in [0, 0.1) is 0 Å². The summed E-state index contributed by atoms with van der Waals surface area (Å²) < 4.78 is 30.2. The van der Waals surface area contributed by atoms with Crippen molar-refractivity contribution in [1.29, 1.82) is 0 Å². The Balaban J connectivity index is 1.76. The van der Waals surface area contributed by atoms with Gasteiger partial charge >= 0.3 is 0 Å². The fourth-order valence-electron chi connectivity index (χ4n) is 2.43. The fourth-order valence-corrected chi connectivity index (χ4v) is 3.72. The monoisotopic (exact) mass is 389 g/mol. The molecule has 1 aromatic heterocycles. The number of hydrogen-bond acceptors (Lipinski definition) is 6. The molecule has 0 unspecified atom stereocenters. The number of aromatic nitrogens is 1. The summed E-state index contributed by atoms with van der Waals surface area (Å²) in [4.78, 5) is 4.61. The van der Waals surface area contributed by atoms with Crippen molar-refractivity contribution in [1.82, 2.24) is 4.98 Å². The molecule has 0 fully saturated rings. The second-order valence-electron chi connectivity index (χ2n) is 5.70. The maximum absolute atomic E-state index is 11.3. The Labute approximate surface area is 156 Å². The minimum atomic E-state index is -3.28. The summed E-state index contributed by atoms with van der Waals surface area (Å²) in [6, 6.07) is 15.0. The molecule has 0 saturated carbocycles. The lowest BCUT2D eigenvalue weighted by molar-refractivity contribution is 0.185. The van der Waals surface area contributed by atoms with Crippen LogP contribution in [0.15, 0.2) is 53.9 Å². The molecular weight excluding hydrogens is 370 g/mol. The van der Waals surface area contributed by atoms with Crippen LogP contribution >= 0.6 is 11.3 Å². The van der Waals surface area contributed by atoms with E-state index < -0.39 is 10.0 Å². The molecule has 0 atom stereocenters. The van der Waals surface area contributed by atoms with Gasteiger partial charge in [0.1, 0.15) is 0 Å². The van der Waals surface area contributed by atoms with Crippen molar-refractivity contribution in [2.75, 3.05) is 23.4 Å². The minimum Gasteiger partial charge on any atom is -0.380 e. The highest BCUT2D eigenvalue weighted by atomic mass is 32.2. The summed E-state index contributed by atoms with van der Waals surface area (Å²) in [7, 11) is -1.61. The van der Waals surface area contributed by atoms with Gasteiger partial charge in [0.2, 0.25) is 10.0 Å². The van der Waals surface area contributed by atoms with E-state index in [0.29, 0.717) is 12.3 Å². The smallest absolute Gasteiger partial charge is 0.229 e. The third kappa shape index (κ3) is 4.81. The average molecular weight is 390 g/mol. The molecule has 0 radical (unpaired) electrons. The van der Waals surface area contributed by atoms with Crippen molar-refractivity contribution in [2.24, 2.45) is 0 Å². The van der Waals surface area contributed by atoms with E-state index in [2.05, 4.69) is 15.0 Å². The van der Waals surface area contributed by atoms with Crippen molar-refractivity contribution in [2.45, 2.75) is 6.61 Å². The van der Waals surface area contributed by atoms with Crippen LogP contribution in [-0.4, -0.2) is 26.8 Å². The van der Waals surface area contributed by atoms with Gasteiger partial charge in [-0.25, -0.2) is 13.4 Å². The number of benzene rings is 2. The van der Waals surface area contributed by atoms with Gasteiger partial charge in [-0.15, -0.1) is 11.3 Å². The summed E-state index contributed by atoms with van der Waals surface area (Å²) in [5.41, 5.74) is 4.29. The van der Waals surface area contributed by atoms with Crippen LogP contribution < -0.4 is 10.0 Å². The van der Waals surface area contributed by atoms with Crippen molar-refractivity contribution in [3.63, 3.8) is 0 Å². The number of nitrogens with one attached hydrogen (secondary N) is 2. The van der Waals surface area contributed by atoms with Crippen LogP contribution in [-0.2, 0) is 21.4 Å². The summed E-state index contributed by atoms with van der Waals surface area (Å²) in [6.45, 7) is 0.524. The minimum absolute atomic E-state index is 0.524. The van der Waals surface area contributed by atoms with E-state index in [0.717, 1.165) is 33.9 Å². The van der Waals surface area contributed by atoms with Gasteiger partial charge in [-0.3, -0.25) is 4.72 Å². The highest BCUT2D eigenvalue weighted by Gasteiger charge is 2.08. The summed E-state index contributed by atoms with van der Waals surface area (Å²) in [5.74, 6) is 0. The zero-order valence-electron chi connectivity index (χ0n) is 14.4.